The van der Waals surface area contributed by atoms with Gasteiger partial charge in [0.25, 0.3) is 0 Å². The molecule has 106 valence electrons. The van der Waals surface area contributed by atoms with E-state index in [4.69, 9.17) is 4.42 Å². The molecule has 20 heavy (non-hydrogen) atoms. The SMILES string of the molecule is CCC(NC)c1ccc(-c2ccc([N+](=O)[O-])c(F)c2)o1. The number of hydrogen-bond donors (Lipinski definition) is 1. The van der Waals surface area contributed by atoms with Gasteiger partial charge in [-0.05, 0) is 37.7 Å². The van der Waals surface area contributed by atoms with E-state index in [1.165, 1.54) is 6.07 Å². The fourth-order valence-electron chi connectivity index (χ4n) is 2.05. The van der Waals surface area contributed by atoms with Gasteiger partial charge >= 0.3 is 5.69 Å². The fraction of sp³-hybridized carbons (Fsp3) is 0.286. The summed E-state index contributed by atoms with van der Waals surface area (Å²) < 4.78 is 19.3. The van der Waals surface area contributed by atoms with E-state index in [0.29, 0.717) is 11.3 Å². The normalized spacial score (nSPS) is 12.3. The van der Waals surface area contributed by atoms with Crippen LogP contribution >= 0.6 is 0 Å². The van der Waals surface area contributed by atoms with E-state index in [1.54, 1.807) is 6.07 Å². The van der Waals surface area contributed by atoms with Gasteiger partial charge in [-0.15, -0.1) is 0 Å². The van der Waals surface area contributed by atoms with Gasteiger partial charge in [0.15, 0.2) is 0 Å². The zero-order chi connectivity index (χ0) is 14.7. The number of halogens is 1. The van der Waals surface area contributed by atoms with E-state index in [1.807, 2.05) is 20.0 Å². The summed E-state index contributed by atoms with van der Waals surface area (Å²) >= 11 is 0. The molecule has 1 N–H and O–H groups in total. The predicted octanol–water partition coefficient (Wildman–Crippen LogP) is 3.66. The highest BCUT2D eigenvalue weighted by molar-refractivity contribution is 5.60. The molecule has 1 aromatic carbocycles. The lowest BCUT2D eigenvalue weighted by Crippen LogP contribution is -2.14. The predicted molar refractivity (Wildman–Crippen MR) is 72.8 cm³/mol. The van der Waals surface area contributed by atoms with E-state index in [0.717, 1.165) is 24.3 Å². The molecular weight excluding hydrogens is 263 g/mol. The standard InChI is InChI=1S/C14H15FN2O3/c1-3-11(16-2)14-7-6-13(20-14)9-4-5-12(17(18)19)10(15)8-9/h4-8,11,16H,3H2,1-2H3. The number of rotatable bonds is 5. The van der Waals surface area contributed by atoms with Crippen molar-refractivity contribution in [2.24, 2.45) is 0 Å². The van der Waals surface area contributed by atoms with Crippen molar-refractivity contribution >= 4 is 5.69 Å². The molecule has 2 rings (SSSR count). The second-order valence-electron chi connectivity index (χ2n) is 4.37. The first-order chi connectivity index (χ1) is 9.56. The molecule has 0 bridgehead atoms. The third-order valence-electron chi connectivity index (χ3n) is 3.16. The maximum Gasteiger partial charge on any atom is 0.304 e. The Kier molecular flexibility index (Phi) is 4.14. The van der Waals surface area contributed by atoms with Gasteiger partial charge < -0.3 is 9.73 Å². The van der Waals surface area contributed by atoms with Gasteiger partial charge in [-0.3, -0.25) is 10.1 Å². The minimum atomic E-state index is -0.869. The largest absolute Gasteiger partial charge is 0.459 e. The third kappa shape index (κ3) is 2.70. The molecule has 6 heteroatoms. The van der Waals surface area contributed by atoms with E-state index < -0.39 is 16.4 Å². The molecule has 0 fully saturated rings. The molecule has 1 heterocycles. The van der Waals surface area contributed by atoms with Gasteiger partial charge in [0, 0.05) is 11.6 Å². The van der Waals surface area contributed by atoms with Crippen molar-refractivity contribution in [3.05, 3.63) is 52.0 Å². The molecule has 0 spiro atoms. The summed E-state index contributed by atoms with van der Waals surface area (Å²) in [7, 11) is 1.84. The van der Waals surface area contributed by atoms with Crippen molar-refractivity contribution in [3.63, 3.8) is 0 Å². The van der Waals surface area contributed by atoms with Crippen LogP contribution in [0.5, 0.6) is 0 Å². The molecule has 0 saturated heterocycles. The summed E-state index contributed by atoms with van der Waals surface area (Å²) in [5.74, 6) is 0.373. The van der Waals surface area contributed by atoms with Gasteiger partial charge in [0.05, 0.1) is 11.0 Å². The molecule has 0 radical (unpaired) electrons. The zero-order valence-electron chi connectivity index (χ0n) is 11.2. The van der Waals surface area contributed by atoms with Crippen LogP contribution in [-0.2, 0) is 0 Å². The highest BCUT2D eigenvalue weighted by Gasteiger charge is 2.17. The van der Waals surface area contributed by atoms with E-state index in [-0.39, 0.29) is 6.04 Å². The van der Waals surface area contributed by atoms with Crippen LogP contribution in [-0.4, -0.2) is 12.0 Å². The molecular formula is C14H15FN2O3. The summed E-state index contributed by atoms with van der Waals surface area (Å²) in [5, 5.41) is 13.7. The van der Waals surface area contributed by atoms with Crippen LogP contribution in [0.3, 0.4) is 0 Å². The Bertz CT molecular complexity index is 621. The van der Waals surface area contributed by atoms with Gasteiger partial charge in [-0.25, -0.2) is 0 Å². The summed E-state index contributed by atoms with van der Waals surface area (Å²) in [6.45, 7) is 2.02. The van der Waals surface area contributed by atoms with Crippen LogP contribution in [0.25, 0.3) is 11.3 Å². The number of nitro groups is 1. The lowest BCUT2D eigenvalue weighted by molar-refractivity contribution is -0.387. The summed E-state index contributed by atoms with van der Waals surface area (Å²) in [4.78, 5) is 9.83. The Labute approximate surface area is 115 Å². The van der Waals surface area contributed by atoms with E-state index in [9.17, 15) is 14.5 Å². The maximum absolute atomic E-state index is 13.6. The van der Waals surface area contributed by atoms with Crippen molar-refractivity contribution in [2.75, 3.05) is 7.05 Å². The Morgan fingerprint density at radius 3 is 2.70 bits per heavy atom. The average molecular weight is 278 g/mol. The Hall–Kier alpha value is -2.21. The second kappa shape index (κ2) is 5.83. The number of nitrogens with one attached hydrogen (secondary N) is 1. The van der Waals surface area contributed by atoms with Crippen molar-refractivity contribution in [1.82, 2.24) is 5.32 Å². The van der Waals surface area contributed by atoms with Crippen molar-refractivity contribution < 1.29 is 13.7 Å². The van der Waals surface area contributed by atoms with E-state index in [2.05, 4.69) is 5.32 Å². The van der Waals surface area contributed by atoms with E-state index >= 15 is 0 Å². The molecule has 0 aliphatic heterocycles. The first kappa shape index (κ1) is 14.2. The number of furan rings is 1. The van der Waals surface area contributed by atoms with Crippen molar-refractivity contribution in [2.45, 2.75) is 19.4 Å². The number of benzene rings is 1. The van der Waals surface area contributed by atoms with Crippen LogP contribution in [0.1, 0.15) is 25.1 Å². The van der Waals surface area contributed by atoms with Crippen molar-refractivity contribution in [3.8, 4) is 11.3 Å². The molecule has 0 amide bonds. The first-order valence-electron chi connectivity index (χ1n) is 6.28. The van der Waals surface area contributed by atoms with Crippen LogP contribution in [0.2, 0.25) is 0 Å². The number of nitro benzene ring substituents is 1. The lowest BCUT2D eigenvalue weighted by atomic mass is 10.1. The second-order valence-corrected chi connectivity index (χ2v) is 4.37. The molecule has 0 aliphatic carbocycles. The van der Waals surface area contributed by atoms with Crippen LogP contribution < -0.4 is 5.32 Å². The van der Waals surface area contributed by atoms with Crippen LogP contribution in [0.4, 0.5) is 10.1 Å². The quantitative estimate of drug-likeness (QED) is 0.669. The topological polar surface area (TPSA) is 68.3 Å². The summed E-state index contributed by atoms with van der Waals surface area (Å²) in [6, 6.07) is 7.37. The minimum absolute atomic E-state index is 0.0895. The van der Waals surface area contributed by atoms with Gasteiger partial charge in [-0.2, -0.15) is 4.39 Å². The molecule has 0 saturated carbocycles. The number of nitrogens with zero attached hydrogens (tertiary/aromatic N) is 1. The average Bonchev–Trinajstić information content (AvgIpc) is 2.89. The Morgan fingerprint density at radius 2 is 2.15 bits per heavy atom. The molecule has 5 nitrogen and oxygen atoms in total. The Balaban J connectivity index is 2.33. The summed E-state index contributed by atoms with van der Waals surface area (Å²) in [5.41, 5.74) is -0.0625. The highest BCUT2D eigenvalue weighted by atomic mass is 19.1. The van der Waals surface area contributed by atoms with Crippen LogP contribution in [0, 0.1) is 15.9 Å². The third-order valence-corrected chi connectivity index (χ3v) is 3.16. The molecule has 1 unspecified atom stereocenters. The van der Waals surface area contributed by atoms with Gasteiger partial charge in [0.1, 0.15) is 11.5 Å². The summed E-state index contributed by atoms with van der Waals surface area (Å²) in [6.07, 6.45) is 0.859. The smallest absolute Gasteiger partial charge is 0.304 e. The monoisotopic (exact) mass is 278 g/mol. The zero-order valence-corrected chi connectivity index (χ0v) is 11.2. The first-order valence-corrected chi connectivity index (χ1v) is 6.28. The lowest BCUT2D eigenvalue weighted by Gasteiger charge is -2.09. The molecule has 0 aliphatic rings. The van der Waals surface area contributed by atoms with Crippen molar-refractivity contribution in [1.29, 1.82) is 0 Å². The Morgan fingerprint density at radius 1 is 1.40 bits per heavy atom. The molecule has 1 atom stereocenters. The van der Waals surface area contributed by atoms with Gasteiger partial charge in [-0.1, -0.05) is 6.92 Å². The highest BCUT2D eigenvalue weighted by Crippen LogP contribution is 2.29. The fourth-order valence-corrected chi connectivity index (χ4v) is 2.05. The van der Waals surface area contributed by atoms with Crippen LogP contribution in [0.15, 0.2) is 34.7 Å². The number of hydrogen-bond acceptors (Lipinski definition) is 4. The van der Waals surface area contributed by atoms with Gasteiger partial charge in [0.2, 0.25) is 5.82 Å². The molecule has 1 aromatic heterocycles. The maximum atomic E-state index is 13.6. The minimum Gasteiger partial charge on any atom is -0.459 e. The molecule has 2 aromatic rings.